The van der Waals surface area contributed by atoms with E-state index >= 15 is 0 Å². The molecule has 3 N–H and O–H groups in total. The fourth-order valence-electron chi connectivity index (χ4n) is 2.29. The highest BCUT2D eigenvalue weighted by atomic mass is 15.1. The molecule has 3 nitrogen and oxygen atoms in total. The molecule has 0 unspecified atom stereocenters. The first kappa shape index (κ1) is 12.9. The Hall–Kier alpha value is -0.120. The van der Waals surface area contributed by atoms with Gasteiger partial charge < -0.3 is 16.0 Å². The molecule has 15 heavy (non-hydrogen) atoms. The molecule has 0 spiro atoms. The first-order chi connectivity index (χ1) is 7.33. The molecule has 0 aliphatic carbocycles. The first-order valence-electron chi connectivity index (χ1n) is 6.45. The van der Waals surface area contributed by atoms with Gasteiger partial charge in [0.2, 0.25) is 0 Å². The fraction of sp³-hybridized carbons (Fsp3) is 1.00. The predicted octanol–water partition coefficient (Wildman–Crippen LogP) is 1.19. The van der Waals surface area contributed by atoms with E-state index in [0.29, 0.717) is 6.04 Å². The molecule has 1 saturated heterocycles. The van der Waals surface area contributed by atoms with E-state index in [-0.39, 0.29) is 0 Å². The SMILES string of the molecule is CNCCCCCCN1CCC[C@H](N)C1. The molecule has 0 aromatic carbocycles. The molecular weight excluding hydrogens is 186 g/mol. The zero-order valence-corrected chi connectivity index (χ0v) is 10.2. The van der Waals surface area contributed by atoms with Crippen molar-refractivity contribution in [2.24, 2.45) is 5.73 Å². The summed E-state index contributed by atoms with van der Waals surface area (Å²) in [4.78, 5) is 2.53. The number of hydrogen-bond donors (Lipinski definition) is 2. The maximum atomic E-state index is 5.95. The van der Waals surface area contributed by atoms with Gasteiger partial charge in [0.25, 0.3) is 0 Å². The van der Waals surface area contributed by atoms with Crippen LogP contribution in [0.25, 0.3) is 0 Å². The predicted molar refractivity (Wildman–Crippen MR) is 66.0 cm³/mol. The molecular formula is C12H27N3. The van der Waals surface area contributed by atoms with Gasteiger partial charge in [0.1, 0.15) is 0 Å². The number of rotatable bonds is 7. The van der Waals surface area contributed by atoms with Crippen molar-refractivity contribution in [3.05, 3.63) is 0 Å². The summed E-state index contributed by atoms with van der Waals surface area (Å²) in [6, 6.07) is 0.433. The second-order valence-electron chi connectivity index (χ2n) is 4.72. The highest BCUT2D eigenvalue weighted by Gasteiger charge is 2.15. The van der Waals surface area contributed by atoms with Crippen LogP contribution in [0.2, 0.25) is 0 Å². The topological polar surface area (TPSA) is 41.3 Å². The molecule has 1 aliphatic rings. The molecule has 3 heteroatoms. The van der Waals surface area contributed by atoms with Crippen molar-refractivity contribution in [3.8, 4) is 0 Å². The molecule has 0 bridgehead atoms. The number of nitrogens with two attached hydrogens (primary N) is 1. The van der Waals surface area contributed by atoms with Gasteiger partial charge in [-0.3, -0.25) is 0 Å². The van der Waals surface area contributed by atoms with Crippen molar-refractivity contribution in [2.75, 3.05) is 33.2 Å². The normalized spacial score (nSPS) is 23.2. The Labute approximate surface area is 94.4 Å². The molecule has 0 amide bonds. The lowest BCUT2D eigenvalue weighted by Gasteiger charge is -2.30. The highest BCUT2D eigenvalue weighted by Crippen LogP contribution is 2.09. The Kier molecular flexibility index (Phi) is 6.98. The number of likely N-dealkylation sites (tertiary alicyclic amines) is 1. The van der Waals surface area contributed by atoms with E-state index in [1.807, 2.05) is 7.05 Å². The highest BCUT2D eigenvalue weighted by molar-refractivity contribution is 4.74. The Morgan fingerprint density at radius 2 is 2.07 bits per heavy atom. The lowest BCUT2D eigenvalue weighted by atomic mass is 10.1. The van der Waals surface area contributed by atoms with Crippen molar-refractivity contribution in [3.63, 3.8) is 0 Å². The molecule has 0 saturated carbocycles. The van der Waals surface area contributed by atoms with E-state index in [4.69, 9.17) is 5.73 Å². The zero-order valence-electron chi connectivity index (χ0n) is 10.2. The van der Waals surface area contributed by atoms with Crippen molar-refractivity contribution in [2.45, 2.75) is 44.6 Å². The van der Waals surface area contributed by atoms with Gasteiger partial charge in [-0.15, -0.1) is 0 Å². The van der Waals surface area contributed by atoms with Crippen LogP contribution in [0, 0.1) is 0 Å². The average molecular weight is 213 g/mol. The Bertz CT molecular complexity index is 150. The standard InChI is InChI=1S/C12H27N3/c1-14-8-4-2-3-5-9-15-10-6-7-12(13)11-15/h12,14H,2-11,13H2,1H3/t12-/m0/s1. The fourth-order valence-corrected chi connectivity index (χ4v) is 2.29. The molecule has 1 atom stereocenters. The Morgan fingerprint density at radius 1 is 1.27 bits per heavy atom. The third kappa shape index (κ3) is 6.13. The van der Waals surface area contributed by atoms with Crippen molar-refractivity contribution >= 4 is 0 Å². The van der Waals surface area contributed by atoms with Crippen LogP contribution in [0.15, 0.2) is 0 Å². The van der Waals surface area contributed by atoms with Crippen molar-refractivity contribution in [1.29, 1.82) is 0 Å². The third-order valence-electron chi connectivity index (χ3n) is 3.19. The minimum atomic E-state index is 0.433. The van der Waals surface area contributed by atoms with E-state index in [9.17, 15) is 0 Å². The Balaban J connectivity index is 1.90. The minimum absolute atomic E-state index is 0.433. The maximum absolute atomic E-state index is 5.95. The number of unbranched alkanes of at least 4 members (excludes halogenated alkanes) is 3. The second kappa shape index (κ2) is 8.08. The molecule has 0 radical (unpaired) electrons. The molecule has 0 aromatic rings. The van der Waals surface area contributed by atoms with Gasteiger partial charge in [0.05, 0.1) is 0 Å². The van der Waals surface area contributed by atoms with Crippen molar-refractivity contribution in [1.82, 2.24) is 10.2 Å². The van der Waals surface area contributed by atoms with Crippen LogP contribution in [-0.4, -0.2) is 44.2 Å². The lowest BCUT2D eigenvalue weighted by molar-refractivity contribution is 0.205. The summed E-state index contributed by atoms with van der Waals surface area (Å²) in [5.41, 5.74) is 5.95. The largest absolute Gasteiger partial charge is 0.327 e. The quantitative estimate of drug-likeness (QED) is 0.624. The number of nitrogens with zero attached hydrogens (tertiary/aromatic N) is 1. The summed E-state index contributed by atoms with van der Waals surface area (Å²) >= 11 is 0. The maximum Gasteiger partial charge on any atom is 0.0168 e. The van der Waals surface area contributed by atoms with Gasteiger partial charge in [0, 0.05) is 12.6 Å². The van der Waals surface area contributed by atoms with Gasteiger partial charge in [-0.25, -0.2) is 0 Å². The molecule has 1 aliphatic heterocycles. The summed E-state index contributed by atoms with van der Waals surface area (Å²) in [7, 11) is 2.02. The van der Waals surface area contributed by atoms with E-state index in [1.165, 1.54) is 51.6 Å². The lowest BCUT2D eigenvalue weighted by Crippen LogP contribution is -2.43. The van der Waals surface area contributed by atoms with Crippen LogP contribution in [0.1, 0.15) is 38.5 Å². The average Bonchev–Trinajstić information content (AvgIpc) is 2.23. The summed E-state index contributed by atoms with van der Waals surface area (Å²) in [5, 5.41) is 3.19. The molecule has 0 aromatic heterocycles. The summed E-state index contributed by atoms with van der Waals surface area (Å²) < 4.78 is 0. The molecule has 1 fully saturated rings. The third-order valence-corrected chi connectivity index (χ3v) is 3.19. The monoisotopic (exact) mass is 213 g/mol. The van der Waals surface area contributed by atoms with Gasteiger partial charge in [-0.1, -0.05) is 12.8 Å². The van der Waals surface area contributed by atoms with E-state index in [0.717, 1.165) is 13.1 Å². The van der Waals surface area contributed by atoms with Gasteiger partial charge >= 0.3 is 0 Å². The van der Waals surface area contributed by atoms with E-state index in [2.05, 4.69) is 10.2 Å². The van der Waals surface area contributed by atoms with Crippen LogP contribution in [-0.2, 0) is 0 Å². The van der Waals surface area contributed by atoms with Gasteiger partial charge in [0.15, 0.2) is 0 Å². The first-order valence-corrected chi connectivity index (χ1v) is 6.45. The van der Waals surface area contributed by atoms with E-state index in [1.54, 1.807) is 0 Å². The zero-order chi connectivity index (χ0) is 10.9. The van der Waals surface area contributed by atoms with Crippen molar-refractivity contribution < 1.29 is 0 Å². The van der Waals surface area contributed by atoms with Crippen LogP contribution in [0.4, 0.5) is 0 Å². The van der Waals surface area contributed by atoms with Crippen LogP contribution in [0.3, 0.4) is 0 Å². The van der Waals surface area contributed by atoms with Crippen LogP contribution in [0.5, 0.6) is 0 Å². The smallest absolute Gasteiger partial charge is 0.0168 e. The molecule has 1 rings (SSSR count). The Morgan fingerprint density at radius 3 is 2.80 bits per heavy atom. The second-order valence-corrected chi connectivity index (χ2v) is 4.72. The van der Waals surface area contributed by atoms with Crippen LogP contribution < -0.4 is 11.1 Å². The molecule has 1 heterocycles. The van der Waals surface area contributed by atoms with Crippen LogP contribution >= 0.6 is 0 Å². The minimum Gasteiger partial charge on any atom is -0.327 e. The number of hydrogen-bond acceptors (Lipinski definition) is 3. The summed E-state index contributed by atoms with van der Waals surface area (Å²) in [6.45, 7) is 4.81. The van der Waals surface area contributed by atoms with Gasteiger partial charge in [-0.05, 0) is 52.4 Å². The molecule has 90 valence electrons. The number of nitrogens with one attached hydrogen (secondary N) is 1. The number of piperidine rings is 1. The van der Waals surface area contributed by atoms with E-state index < -0.39 is 0 Å². The van der Waals surface area contributed by atoms with Gasteiger partial charge in [-0.2, -0.15) is 0 Å². The summed E-state index contributed by atoms with van der Waals surface area (Å²) in [6.07, 6.45) is 7.90. The summed E-state index contributed by atoms with van der Waals surface area (Å²) in [5.74, 6) is 0.